The van der Waals surface area contributed by atoms with Gasteiger partial charge in [-0.15, -0.1) is 12.4 Å². The molecule has 2 amide bonds. The largest absolute Gasteiger partial charge is 0.461 e. The predicted molar refractivity (Wildman–Crippen MR) is 166 cm³/mol. The lowest BCUT2D eigenvalue weighted by atomic mass is 10.0. The molecule has 0 radical (unpaired) electrons. The van der Waals surface area contributed by atoms with E-state index in [4.69, 9.17) is 4.74 Å². The molecule has 1 heterocycles. The number of halogens is 1. The molecule has 2 aromatic rings. The Morgan fingerprint density at radius 1 is 1.10 bits per heavy atom. The molecule has 0 aromatic heterocycles. The minimum Gasteiger partial charge on any atom is -0.461 e. The van der Waals surface area contributed by atoms with Crippen LogP contribution in [0.5, 0.6) is 0 Å². The van der Waals surface area contributed by atoms with Gasteiger partial charge in [0.25, 0.3) is 0 Å². The van der Waals surface area contributed by atoms with Gasteiger partial charge in [-0.1, -0.05) is 42.5 Å². The maximum atomic E-state index is 13.4. The van der Waals surface area contributed by atoms with Crippen molar-refractivity contribution in [3.05, 3.63) is 48.0 Å². The fraction of sp³-hybridized carbons (Fsp3) is 0.567. The number of nitrogens with one attached hydrogen (secondary N) is 1. The molecule has 222 valence electrons. The summed E-state index contributed by atoms with van der Waals surface area (Å²) in [6.07, 6.45) is 4.10. The summed E-state index contributed by atoms with van der Waals surface area (Å²) in [7, 11) is 3.80. The third kappa shape index (κ3) is 10.3. The van der Waals surface area contributed by atoms with Gasteiger partial charge in [0, 0.05) is 25.7 Å². The highest BCUT2D eigenvalue weighted by Crippen LogP contribution is 2.23. The molecular weight excluding hydrogens is 548 g/mol. The number of ether oxygens (including phenoxy) is 1. The van der Waals surface area contributed by atoms with Crippen LogP contribution in [0.25, 0.3) is 10.8 Å². The van der Waals surface area contributed by atoms with Gasteiger partial charge < -0.3 is 19.9 Å². The Morgan fingerprint density at radius 3 is 2.52 bits per heavy atom. The molecule has 2 aromatic carbocycles. The number of thioether (sulfide) groups is 1. The molecule has 0 bridgehead atoms. The number of fused-ring (bicyclic) bond motifs is 1. The van der Waals surface area contributed by atoms with E-state index in [1.54, 1.807) is 11.8 Å². The van der Waals surface area contributed by atoms with Crippen LogP contribution in [-0.4, -0.2) is 103 Å². The van der Waals surface area contributed by atoms with Gasteiger partial charge in [-0.2, -0.15) is 11.8 Å². The van der Waals surface area contributed by atoms with E-state index in [1.165, 1.54) is 0 Å². The fourth-order valence-corrected chi connectivity index (χ4v) is 5.58. The quantitative estimate of drug-likeness (QED) is 0.334. The molecule has 1 unspecified atom stereocenters. The molecular formula is C30H45ClN4O4S. The number of likely N-dealkylation sites (N-methyl/N-ethyl adjacent to an activating group) is 1. The second kappa shape index (κ2) is 16.8. The van der Waals surface area contributed by atoms with Crippen LogP contribution < -0.4 is 5.32 Å². The second-order valence-electron chi connectivity index (χ2n) is 10.8. The fourth-order valence-electron chi connectivity index (χ4n) is 5.11. The van der Waals surface area contributed by atoms with Gasteiger partial charge in [-0.05, 0) is 75.5 Å². The monoisotopic (exact) mass is 592 g/mol. The average molecular weight is 593 g/mol. The number of carbonyl (C=O) groups is 3. The zero-order chi connectivity index (χ0) is 28.4. The number of benzene rings is 2. The smallest absolute Gasteiger partial charge is 0.328 e. The Labute approximate surface area is 249 Å². The summed E-state index contributed by atoms with van der Waals surface area (Å²) in [5.41, 5.74) is 1.13. The van der Waals surface area contributed by atoms with E-state index in [1.807, 2.05) is 62.2 Å². The minimum absolute atomic E-state index is 0. The van der Waals surface area contributed by atoms with E-state index < -0.39 is 12.0 Å². The molecule has 1 N–H and O–H groups in total. The summed E-state index contributed by atoms with van der Waals surface area (Å²) in [6, 6.07) is 13.8. The lowest BCUT2D eigenvalue weighted by Crippen LogP contribution is -2.50. The third-order valence-electron chi connectivity index (χ3n) is 6.84. The van der Waals surface area contributed by atoms with Crippen LogP contribution in [0, 0.1) is 0 Å². The van der Waals surface area contributed by atoms with Crippen molar-refractivity contribution in [2.75, 3.05) is 52.3 Å². The highest BCUT2D eigenvalue weighted by Gasteiger charge is 2.31. The van der Waals surface area contributed by atoms with Crippen LogP contribution in [-0.2, 0) is 25.7 Å². The predicted octanol–water partition coefficient (Wildman–Crippen LogP) is 3.81. The Kier molecular flexibility index (Phi) is 14.2. The maximum absolute atomic E-state index is 13.4. The Morgan fingerprint density at radius 2 is 1.82 bits per heavy atom. The van der Waals surface area contributed by atoms with E-state index >= 15 is 0 Å². The molecule has 40 heavy (non-hydrogen) atoms. The van der Waals surface area contributed by atoms with Crippen LogP contribution >= 0.6 is 24.2 Å². The van der Waals surface area contributed by atoms with Crippen molar-refractivity contribution in [1.82, 2.24) is 20.0 Å². The van der Waals surface area contributed by atoms with Gasteiger partial charge >= 0.3 is 5.97 Å². The lowest BCUT2D eigenvalue weighted by molar-refractivity contribution is -0.151. The minimum atomic E-state index is -0.684. The van der Waals surface area contributed by atoms with Crippen LogP contribution in [0.1, 0.15) is 38.7 Å². The zero-order valence-electron chi connectivity index (χ0n) is 24.4. The SMILES string of the molecule is CSCCC(NC(=O)CN(Cc1cccc2ccccc12)C[C@@H]1CCCN1C(=O)CN(C)C)C(=O)OC(C)C.Cl. The van der Waals surface area contributed by atoms with Crippen LogP contribution in [0.15, 0.2) is 42.5 Å². The first-order valence-electron chi connectivity index (χ1n) is 13.8. The summed E-state index contributed by atoms with van der Waals surface area (Å²) in [5.74, 6) is 0.240. The van der Waals surface area contributed by atoms with Crippen molar-refractivity contribution < 1.29 is 19.1 Å². The van der Waals surface area contributed by atoms with Crippen molar-refractivity contribution >= 4 is 52.7 Å². The van der Waals surface area contributed by atoms with E-state index in [0.717, 1.165) is 41.5 Å². The van der Waals surface area contributed by atoms with Crippen molar-refractivity contribution in [3.8, 4) is 0 Å². The standard InChI is InChI=1S/C30H44N4O4S.ClH/c1-22(2)38-30(37)27(15-17-39-5)31-28(35)20-33(18-24-12-8-11-23-10-6-7-14-26(23)24)19-25-13-9-16-34(25)29(36)21-32(3)4;/h6-8,10-12,14,22,25,27H,9,13,15-21H2,1-5H3,(H,31,35);1H/t25-,27?;/m0./s1. The highest BCUT2D eigenvalue weighted by molar-refractivity contribution is 7.98. The maximum Gasteiger partial charge on any atom is 0.328 e. The van der Waals surface area contributed by atoms with Crippen molar-refractivity contribution in [2.24, 2.45) is 0 Å². The van der Waals surface area contributed by atoms with E-state index in [2.05, 4.69) is 34.5 Å². The van der Waals surface area contributed by atoms with Gasteiger partial charge in [0.05, 0.1) is 19.2 Å². The van der Waals surface area contributed by atoms with E-state index in [0.29, 0.717) is 26.1 Å². The van der Waals surface area contributed by atoms with Crippen LogP contribution in [0.4, 0.5) is 0 Å². The molecule has 1 fully saturated rings. The second-order valence-corrected chi connectivity index (χ2v) is 11.8. The number of hydrogen-bond donors (Lipinski definition) is 1. The third-order valence-corrected chi connectivity index (χ3v) is 7.49. The molecule has 1 aliphatic heterocycles. The lowest BCUT2D eigenvalue weighted by Gasteiger charge is -2.32. The van der Waals surface area contributed by atoms with Crippen molar-refractivity contribution in [2.45, 2.75) is 57.8 Å². The number of hydrogen-bond acceptors (Lipinski definition) is 7. The van der Waals surface area contributed by atoms with Crippen LogP contribution in [0.2, 0.25) is 0 Å². The van der Waals surface area contributed by atoms with E-state index in [9.17, 15) is 14.4 Å². The van der Waals surface area contributed by atoms with Crippen molar-refractivity contribution in [3.63, 3.8) is 0 Å². The Hall–Kier alpha value is -2.33. The molecule has 0 saturated carbocycles. The first-order valence-corrected chi connectivity index (χ1v) is 15.2. The van der Waals surface area contributed by atoms with Gasteiger partial charge in [0.1, 0.15) is 6.04 Å². The van der Waals surface area contributed by atoms with Gasteiger partial charge in [-0.25, -0.2) is 4.79 Å². The summed E-state index contributed by atoms with van der Waals surface area (Å²) < 4.78 is 5.41. The Bertz CT molecular complexity index is 1110. The topological polar surface area (TPSA) is 82.2 Å². The molecule has 0 spiro atoms. The summed E-state index contributed by atoms with van der Waals surface area (Å²) in [6.45, 7) is 6.00. The zero-order valence-corrected chi connectivity index (χ0v) is 26.1. The summed E-state index contributed by atoms with van der Waals surface area (Å²) >= 11 is 1.63. The number of likely N-dealkylation sites (tertiary alicyclic amines) is 1. The molecule has 2 atom stereocenters. The molecule has 0 aliphatic carbocycles. The molecule has 8 nitrogen and oxygen atoms in total. The number of nitrogens with zero attached hydrogens (tertiary/aromatic N) is 3. The van der Waals surface area contributed by atoms with Gasteiger partial charge in [-0.3, -0.25) is 14.5 Å². The number of rotatable bonds is 14. The molecule has 1 saturated heterocycles. The summed E-state index contributed by atoms with van der Waals surface area (Å²) in [5, 5.41) is 5.24. The van der Waals surface area contributed by atoms with Crippen LogP contribution in [0.3, 0.4) is 0 Å². The number of amides is 2. The molecule has 3 rings (SSSR count). The molecule has 10 heteroatoms. The average Bonchev–Trinajstić information content (AvgIpc) is 3.34. The first-order chi connectivity index (χ1) is 18.7. The number of carbonyl (C=O) groups excluding carboxylic acids is 3. The number of esters is 1. The summed E-state index contributed by atoms with van der Waals surface area (Å²) in [4.78, 5) is 45.0. The van der Waals surface area contributed by atoms with Crippen molar-refractivity contribution in [1.29, 1.82) is 0 Å². The van der Waals surface area contributed by atoms with E-state index in [-0.39, 0.29) is 42.9 Å². The highest BCUT2D eigenvalue weighted by atomic mass is 35.5. The normalized spacial score (nSPS) is 15.9. The van der Waals surface area contributed by atoms with Gasteiger partial charge in [0.2, 0.25) is 11.8 Å². The first kappa shape index (κ1) is 33.9. The Balaban J connectivity index is 0.00000560. The molecule has 1 aliphatic rings. The van der Waals surface area contributed by atoms with Gasteiger partial charge in [0.15, 0.2) is 0 Å².